The molecule has 4 rings (SSSR count). The van der Waals surface area contributed by atoms with Crippen LogP contribution in [0.15, 0.2) is 71.7 Å². The van der Waals surface area contributed by atoms with Crippen LogP contribution in [-0.4, -0.2) is 25.4 Å². The van der Waals surface area contributed by atoms with Crippen molar-refractivity contribution in [3.05, 3.63) is 77.9 Å². The lowest BCUT2D eigenvalue weighted by Gasteiger charge is -2.47. The third-order valence-electron chi connectivity index (χ3n) is 6.22. The molecule has 0 N–H and O–H groups in total. The van der Waals surface area contributed by atoms with Gasteiger partial charge in [-0.2, -0.15) is 0 Å². The Morgan fingerprint density at radius 3 is 2.44 bits per heavy atom. The minimum Gasteiger partial charge on any atom is -0.493 e. The van der Waals surface area contributed by atoms with Crippen molar-refractivity contribution in [3.8, 4) is 17.2 Å². The molecule has 0 saturated heterocycles. The van der Waals surface area contributed by atoms with E-state index in [1.165, 1.54) is 11.3 Å². The van der Waals surface area contributed by atoms with E-state index in [2.05, 4.69) is 55.8 Å². The SMILES string of the molecule is CCN1c2ccc(C=Nc3ccc(Oc4ccccc4OC)cc3)cc2C(C)CC1(C)C. The molecule has 4 heteroatoms. The number of methoxy groups -OCH3 is 1. The van der Waals surface area contributed by atoms with E-state index in [0.717, 1.165) is 30.0 Å². The van der Waals surface area contributed by atoms with Crippen LogP contribution in [0, 0.1) is 0 Å². The third kappa shape index (κ3) is 4.50. The summed E-state index contributed by atoms with van der Waals surface area (Å²) in [5.41, 5.74) is 4.96. The van der Waals surface area contributed by atoms with Gasteiger partial charge >= 0.3 is 0 Å². The molecule has 1 aliphatic heterocycles. The van der Waals surface area contributed by atoms with Crippen molar-refractivity contribution in [2.75, 3.05) is 18.6 Å². The van der Waals surface area contributed by atoms with Gasteiger partial charge in [-0.15, -0.1) is 0 Å². The molecule has 0 aliphatic carbocycles. The molecule has 1 aliphatic rings. The van der Waals surface area contributed by atoms with Crippen molar-refractivity contribution in [1.82, 2.24) is 0 Å². The van der Waals surface area contributed by atoms with Crippen molar-refractivity contribution in [2.45, 2.75) is 45.6 Å². The van der Waals surface area contributed by atoms with Gasteiger partial charge in [-0.05, 0) is 92.8 Å². The molecule has 166 valence electrons. The monoisotopic (exact) mass is 428 g/mol. The van der Waals surface area contributed by atoms with Gasteiger partial charge in [0.1, 0.15) is 5.75 Å². The van der Waals surface area contributed by atoms with Crippen molar-refractivity contribution in [3.63, 3.8) is 0 Å². The first-order chi connectivity index (χ1) is 15.4. The minimum absolute atomic E-state index is 0.185. The average molecular weight is 429 g/mol. The largest absolute Gasteiger partial charge is 0.493 e. The Hall–Kier alpha value is -3.27. The van der Waals surface area contributed by atoms with E-state index in [4.69, 9.17) is 9.47 Å². The normalized spacial score (nSPS) is 17.3. The molecular weight excluding hydrogens is 396 g/mol. The van der Waals surface area contributed by atoms with Crippen molar-refractivity contribution in [1.29, 1.82) is 0 Å². The Morgan fingerprint density at radius 2 is 1.75 bits per heavy atom. The molecule has 0 spiro atoms. The lowest BCUT2D eigenvalue weighted by Crippen LogP contribution is -2.48. The first kappa shape index (κ1) is 21.9. The molecule has 1 heterocycles. The van der Waals surface area contributed by atoms with Gasteiger partial charge in [-0.3, -0.25) is 4.99 Å². The topological polar surface area (TPSA) is 34.1 Å². The number of hydrogen-bond donors (Lipinski definition) is 0. The Kier molecular flexibility index (Phi) is 6.22. The van der Waals surface area contributed by atoms with Gasteiger partial charge in [0.2, 0.25) is 0 Å². The number of para-hydroxylation sites is 2. The fourth-order valence-corrected chi connectivity index (χ4v) is 4.77. The van der Waals surface area contributed by atoms with Crippen molar-refractivity contribution in [2.24, 2.45) is 4.99 Å². The molecule has 0 bridgehead atoms. The molecule has 32 heavy (non-hydrogen) atoms. The first-order valence-electron chi connectivity index (χ1n) is 11.3. The van der Waals surface area contributed by atoms with E-state index in [1.807, 2.05) is 54.7 Å². The second kappa shape index (κ2) is 9.07. The van der Waals surface area contributed by atoms with Gasteiger partial charge in [0.05, 0.1) is 12.8 Å². The summed E-state index contributed by atoms with van der Waals surface area (Å²) < 4.78 is 11.3. The number of nitrogens with zero attached hydrogens (tertiary/aromatic N) is 2. The lowest BCUT2D eigenvalue weighted by molar-refractivity contribution is 0.379. The lowest BCUT2D eigenvalue weighted by atomic mass is 9.79. The van der Waals surface area contributed by atoms with Gasteiger partial charge < -0.3 is 14.4 Å². The van der Waals surface area contributed by atoms with E-state index in [9.17, 15) is 0 Å². The molecule has 3 aromatic rings. The zero-order chi connectivity index (χ0) is 22.7. The molecule has 1 atom stereocenters. The third-order valence-corrected chi connectivity index (χ3v) is 6.22. The number of ether oxygens (including phenoxy) is 2. The highest BCUT2D eigenvalue weighted by atomic mass is 16.5. The molecule has 0 amide bonds. The standard InChI is InChI=1S/C28H32N2O2/c1-6-30-25-16-11-21(17-24(25)20(2)18-28(30,3)4)19-29-22-12-14-23(15-13-22)32-27-10-8-7-9-26(27)31-5/h7-17,19-20H,6,18H2,1-5H3. The molecule has 3 aromatic carbocycles. The van der Waals surface area contributed by atoms with E-state index < -0.39 is 0 Å². The van der Waals surface area contributed by atoms with Crippen molar-refractivity contribution >= 4 is 17.6 Å². The summed E-state index contributed by atoms with van der Waals surface area (Å²) in [7, 11) is 1.64. The predicted octanol–water partition coefficient (Wildman–Crippen LogP) is 7.35. The highest BCUT2D eigenvalue weighted by Gasteiger charge is 2.35. The maximum Gasteiger partial charge on any atom is 0.169 e. The van der Waals surface area contributed by atoms with Crippen LogP contribution < -0.4 is 14.4 Å². The molecule has 4 nitrogen and oxygen atoms in total. The van der Waals surface area contributed by atoms with Crippen LogP contribution in [-0.2, 0) is 0 Å². The molecular formula is C28H32N2O2. The number of rotatable bonds is 6. The molecule has 0 aromatic heterocycles. The van der Waals surface area contributed by atoms with E-state index >= 15 is 0 Å². The smallest absolute Gasteiger partial charge is 0.169 e. The Balaban J connectivity index is 1.50. The predicted molar refractivity (Wildman–Crippen MR) is 133 cm³/mol. The van der Waals surface area contributed by atoms with Crippen LogP contribution in [0.3, 0.4) is 0 Å². The number of benzene rings is 3. The summed E-state index contributed by atoms with van der Waals surface area (Å²) in [5, 5.41) is 0. The van der Waals surface area contributed by atoms with Crippen LogP contribution in [0.2, 0.25) is 0 Å². The number of anilines is 1. The Bertz CT molecular complexity index is 1100. The molecule has 0 saturated carbocycles. The van der Waals surface area contributed by atoms with E-state index in [-0.39, 0.29) is 5.54 Å². The van der Waals surface area contributed by atoms with Crippen LogP contribution in [0.1, 0.15) is 51.2 Å². The average Bonchev–Trinajstić information content (AvgIpc) is 2.79. The zero-order valence-corrected chi connectivity index (χ0v) is 19.6. The Labute approximate surface area is 191 Å². The Morgan fingerprint density at radius 1 is 1.03 bits per heavy atom. The minimum atomic E-state index is 0.185. The quantitative estimate of drug-likeness (QED) is 0.385. The van der Waals surface area contributed by atoms with E-state index in [0.29, 0.717) is 17.4 Å². The van der Waals surface area contributed by atoms with Gasteiger partial charge in [-0.1, -0.05) is 25.1 Å². The van der Waals surface area contributed by atoms with E-state index in [1.54, 1.807) is 7.11 Å². The number of aliphatic imine (C=N–C) groups is 1. The van der Waals surface area contributed by atoms with Gasteiger partial charge in [-0.25, -0.2) is 0 Å². The highest BCUT2D eigenvalue weighted by molar-refractivity contribution is 5.83. The second-order valence-corrected chi connectivity index (χ2v) is 8.99. The van der Waals surface area contributed by atoms with Crippen LogP contribution in [0.5, 0.6) is 17.2 Å². The van der Waals surface area contributed by atoms with Crippen LogP contribution in [0.25, 0.3) is 0 Å². The maximum atomic E-state index is 5.95. The summed E-state index contributed by atoms with van der Waals surface area (Å²) >= 11 is 0. The fourth-order valence-electron chi connectivity index (χ4n) is 4.77. The summed E-state index contributed by atoms with van der Waals surface area (Å²) in [6, 6.07) is 22.1. The summed E-state index contributed by atoms with van der Waals surface area (Å²) in [4.78, 5) is 7.20. The first-order valence-corrected chi connectivity index (χ1v) is 11.3. The van der Waals surface area contributed by atoms with Crippen molar-refractivity contribution < 1.29 is 9.47 Å². The molecule has 0 radical (unpaired) electrons. The van der Waals surface area contributed by atoms with Crippen LogP contribution in [0.4, 0.5) is 11.4 Å². The molecule has 0 fully saturated rings. The fraction of sp³-hybridized carbons (Fsp3) is 0.321. The molecule has 1 unspecified atom stereocenters. The number of fused-ring (bicyclic) bond motifs is 1. The van der Waals surface area contributed by atoms with Crippen LogP contribution >= 0.6 is 0 Å². The summed E-state index contributed by atoms with van der Waals surface area (Å²) in [6.07, 6.45) is 3.10. The number of hydrogen-bond acceptors (Lipinski definition) is 4. The van der Waals surface area contributed by atoms with Gasteiger partial charge in [0.25, 0.3) is 0 Å². The maximum absolute atomic E-state index is 5.95. The highest BCUT2D eigenvalue weighted by Crippen LogP contribution is 2.43. The second-order valence-electron chi connectivity index (χ2n) is 8.99. The summed E-state index contributed by atoms with van der Waals surface area (Å²) in [5.74, 6) is 2.68. The van der Waals surface area contributed by atoms with Gasteiger partial charge in [0.15, 0.2) is 11.5 Å². The zero-order valence-electron chi connectivity index (χ0n) is 19.6. The summed E-state index contributed by atoms with van der Waals surface area (Å²) in [6.45, 7) is 10.3. The van der Waals surface area contributed by atoms with Gasteiger partial charge in [0, 0.05) is 24.0 Å².